The fourth-order valence-electron chi connectivity index (χ4n) is 1.55. The molecule has 0 spiro atoms. The minimum Gasteiger partial charge on any atom is -0.455 e. The molecule has 0 aliphatic rings. The van der Waals surface area contributed by atoms with Crippen molar-refractivity contribution in [3.63, 3.8) is 0 Å². The highest BCUT2D eigenvalue weighted by molar-refractivity contribution is 7.80. The molecule has 0 atom stereocenters. The van der Waals surface area contributed by atoms with E-state index in [1.807, 2.05) is 36.4 Å². The smallest absolute Gasteiger partial charge is 0.187 e. The number of hydrogen-bond donors (Lipinski definition) is 2. The van der Waals surface area contributed by atoms with Gasteiger partial charge >= 0.3 is 0 Å². The Balaban J connectivity index is 1.95. The predicted molar refractivity (Wildman–Crippen MR) is 90.7 cm³/mol. The first-order chi connectivity index (χ1) is 10.2. The van der Waals surface area contributed by atoms with Crippen molar-refractivity contribution in [3.05, 3.63) is 59.8 Å². The Morgan fingerprint density at radius 3 is 2.76 bits per heavy atom. The van der Waals surface area contributed by atoms with Gasteiger partial charge in [0.15, 0.2) is 5.11 Å². The second-order valence-corrected chi connectivity index (χ2v) is 4.92. The van der Waals surface area contributed by atoms with E-state index in [0.29, 0.717) is 22.4 Å². The van der Waals surface area contributed by atoms with E-state index in [2.05, 4.69) is 22.4 Å². The van der Waals surface area contributed by atoms with Gasteiger partial charge in [-0.2, -0.15) is 5.10 Å². The average Bonchev–Trinajstić information content (AvgIpc) is 2.95. The molecular formula is C15H14ClN3OS. The van der Waals surface area contributed by atoms with E-state index in [9.17, 15) is 0 Å². The van der Waals surface area contributed by atoms with E-state index < -0.39 is 0 Å². The van der Waals surface area contributed by atoms with Gasteiger partial charge in [0.25, 0.3) is 0 Å². The molecule has 21 heavy (non-hydrogen) atoms. The minimum atomic E-state index is 0.427. The van der Waals surface area contributed by atoms with Gasteiger partial charge in [-0.15, -0.1) is 6.58 Å². The van der Waals surface area contributed by atoms with E-state index in [1.54, 1.807) is 12.3 Å². The van der Waals surface area contributed by atoms with Crippen molar-refractivity contribution in [1.82, 2.24) is 10.7 Å². The van der Waals surface area contributed by atoms with Gasteiger partial charge in [-0.3, -0.25) is 5.43 Å². The summed E-state index contributed by atoms with van der Waals surface area (Å²) in [6, 6.07) is 11.1. The Bertz CT molecular complexity index is 649. The monoisotopic (exact) mass is 319 g/mol. The van der Waals surface area contributed by atoms with Crippen LogP contribution in [0, 0.1) is 0 Å². The van der Waals surface area contributed by atoms with Crippen LogP contribution in [0.4, 0.5) is 0 Å². The van der Waals surface area contributed by atoms with Crippen LogP contribution in [0.1, 0.15) is 5.76 Å². The lowest BCUT2D eigenvalue weighted by Crippen LogP contribution is -2.31. The first-order valence-corrected chi connectivity index (χ1v) is 7.01. The Kier molecular flexibility index (Phi) is 5.54. The van der Waals surface area contributed by atoms with Crippen LogP contribution in [-0.4, -0.2) is 17.9 Å². The highest BCUT2D eigenvalue weighted by atomic mass is 35.5. The van der Waals surface area contributed by atoms with E-state index in [4.69, 9.17) is 28.2 Å². The number of hydrogen-bond acceptors (Lipinski definition) is 3. The number of hydrazone groups is 1. The lowest BCUT2D eigenvalue weighted by atomic mass is 10.2. The molecule has 0 bridgehead atoms. The summed E-state index contributed by atoms with van der Waals surface area (Å²) >= 11 is 10.9. The molecule has 2 N–H and O–H groups in total. The third kappa shape index (κ3) is 4.73. The topological polar surface area (TPSA) is 49.6 Å². The molecule has 6 heteroatoms. The van der Waals surface area contributed by atoms with Crippen LogP contribution in [0.5, 0.6) is 0 Å². The molecule has 1 aromatic carbocycles. The zero-order chi connectivity index (χ0) is 15.1. The normalized spacial score (nSPS) is 10.5. The van der Waals surface area contributed by atoms with Gasteiger partial charge in [-0.05, 0) is 48.6 Å². The van der Waals surface area contributed by atoms with Gasteiger partial charge in [-0.1, -0.05) is 17.7 Å². The van der Waals surface area contributed by atoms with Crippen molar-refractivity contribution < 1.29 is 4.42 Å². The number of nitrogens with one attached hydrogen (secondary N) is 2. The summed E-state index contributed by atoms with van der Waals surface area (Å²) < 4.78 is 5.66. The highest BCUT2D eigenvalue weighted by Gasteiger charge is 2.03. The summed E-state index contributed by atoms with van der Waals surface area (Å²) in [5.74, 6) is 1.37. The molecule has 0 unspecified atom stereocenters. The first kappa shape index (κ1) is 15.3. The van der Waals surface area contributed by atoms with Gasteiger partial charge in [0.05, 0.1) is 6.21 Å². The van der Waals surface area contributed by atoms with Crippen LogP contribution in [0.25, 0.3) is 11.3 Å². The molecule has 0 amide bonds. The minimum absolute atomic E-state index is 0.427. The quantitative estimate of drug-likeness (QED) is 0.383. The number of halogens is 1. The average molecular weight is 320 g/mol. The maximum Gasteiger partial charge on any atom is 0.187 e. The van der Waals surface area contributed by atoms with Crippen LogP contribution < -0.4 is 10.7 Å². The molecular weight excluding hydrogens is 306 g/mol. The molecule has 0 aliphatic carbocycles. The molecule has 1 aromatic heterocycles. The predicted octanol–water partition coefficient (Wildman–Crippen LogP) is 3.58. The summed E-state index contributed by atoms with van der Waals surface area (Å²) in [6.07, 6.45) is 3.27. The molecule has 0 fully saturated rings. The van der Waals surface area contributed by atoms with E-state index in [-0.39, 0.29) is 0 Å². The maximum atomic E-state index is 5.85. The second kappa shape index (κ2) is 7.61. The Morgan fingerprint density at radius 1 is 1.29 bits per heavy atom. The van der Waals surface area contributed by atoms with Crippen molar-refractivity contribution >= 4 is 35.1 Å². The lowest BCUT2D eigenvalue weighted by molar-refractivity contribution is 0.574. The maximum absolute atomic E-state index is 5.85. The summed E-state index contributed by atoms with van der Waals surface area (Å²) in [6.45, 7) is 4.17. The molecule has 0 radical (unpaired) electrons. The Hall–Kier alpha value is -2.11. The highest BCUT2D eigenvalue weighted by Crippen LogP contribution is 2.23. The largest absolute Gasteiger partial charge is 0.455 e. The van der Waals surface area contributed by atoms with Gasteiger partial charge in [0, 0.05) is 17.1 Å². The summed E-state index contributed by atoms with van der Waals surface area (Å²) in [5.41, 5.74) is 3.64. The van der Waals surface area contributed by atoms with Crippen LogP contribution in [-0.2, 0) is 0 Å². The third-order valence-corrected chi connectivity index (χ3v) is 3.01. The molecule has 4 nitrogen and oxygen atoms in total. The first-order valence-electron chi connectivity index (χ1n) is 6.22. The zero-order valence-electron chi connectivity index (χ0n) is 11.2. The summed E-state index contributed by atoms with van der Waals surface area (Å²) in [4.78, 5) is 0. The Morgan fingerprint density at radius 2 is 2.05 bits per heavy atom. The molecule has 1 heterocycles. The SMILES string of the molecule is C=CCNC(=S)N/N=C/c1ccc(-c2ccc(Cl)cc2)o1. The number of nitrogens with zero attached hydrogens (tertiary/aromatic N) is 1. The van der Waals surface area contributed by atoms with Gasteiger partial charge in [0.1, 0.15) is 11.5 Å². The second-order valence-electron chi connectivity index (χ2n) is 4.08. The van der Waals surface area contributed by atoms with Crippen molar-refractivity contribution in [2.75, 3.05) is 6.54 Å². The van der Waals surface area contributed by atoms with Gasteiger partial charge in [0.2, 0.25) is 0 Å². The van der Waals surface area contributed by atoms with Crippen LogP contribution in [0.2, 0.25) is 5.02 Å². The molecule has 2 rings (SSSR count). The number of rotatable bonds is 5. The standard InChI is InChI=1S/C15H14ClN3OS/c1-2-9-17-15(21)19-18-10-13-7-8-14(20-13)11-3-5-12(16)6-4-11/h2-8,10H,1,9H2,(H2,17,19,21)/b18-10+. The van der Waals surface area contributed by atoms with Crippen molar-refractivity contribution in [2.45, 2.75) is 0 Å². The molecule has 0 saturated heterocycles. The lowest BCUT2D eigenvalue weighted by Gasteiger charge is -2.02. The van der Waals surface area contributed by atoms with E-state index >= 15 is 0 Å². The summed E-state index contributed by atoms with van der Waals surface area (Å²) in [5, 5.41) is 8.01. The van der Waals surface area contributed by atoms with E-state index in [0.717, 1.165) is 11.3 Å². The fraction of sp³-hybridized carbons (Fsp3) is 0.0667. The van der Waals surface area contributed by atoms with Crippen LogP contribution in [0.15, 0.2) is 58.6 Å². The molecule has 0 aliphatic heterocycles. The Labute approximate surface area is 133 Å². The van der Waals surface area contributed by atoms with Crippen LogP contribution in [0.3, 0.4) is 0 Å². The third-order valence-electron chi connectivity index (χ3n) is 2.52. The van der Waals surface area contributed by atoms with Crippen molar-refractivity contribution in [2.24, 2.45) is 5.10 Å². The van der Waals surface area contributed by atoms with Gasteiger partial charge in [-0.25, -0.2) is 0 Å². The van der Waals surface area contributed by atoms with Crippen molar-refractivity contribution in [3.8, 4) is 11.3 Å². The van der Waals surface area contributed by atoms with Gasteiger partial charge < -0.3 is 9.73 Å². The van der Waals surface area contributed by atoms with E-state index in [1.165, 1.54) is 0 Å². The van der Waals surface area contributed by atoms with Crippen LogP contribution >= 0.6 is 23.8 Å². The zero-order valence-corrected chi connectivity index (χ0v) is 12.7. The van der Waals surface area contributed by atoms with Crippen molar-refractivity contribution in [1.29, 1.82) is 0 Å². The fourth-order valence-corrected chi connectivity index (χ4v) is 1.81. The molecule has 2 aromatic rings. The molecule has 108 valence electrons. The summed E-state index contributed by atoms with van der Waals surface area (Å²) in [7, 11) is 0. The molecule has 0 saturated carbocycles. The number of thiocarbonyl (C=S) groups is 1. The number of benzene rings is 1. The number of furan rings is 1.